The monoisotopic (exact) mass is 430 g/mol. The maximum atomic E-state index is 13.1. The van der Waals surface area contributed by atoms with Crippen molar-refractivity contribution in [2.24, 2.45) is 0 Å². The fraction of sp³-hybridized carbons (Fsp3) is 0.235. The lowest BCUT2D eigenvalue weighted by molar-refractivity contribution is -0.370. The molecule has 0 aliphatic heterocycles. The molecule has 2 aromatic rings. The first-order chi connectivity index (χ1) is 13.2. The van der Waals surface area contributed by atoms with E-state index in [-0.39, 0.29) is 5.56 Å². The summed E-state index contributed by atoms with van der Waals surface area (Å²) in [5, 5.41) is 2.55. The molecule has 1 amide bonds. The van der Waals surface area contributed by atoms with Gasteiger partial charge in [-0.15, -0.1) is 0 Å². The van der Waals surface area contributed by atoms with Crippen molar-refractivity contribution < 1.29 is 44.3 Å². The summed E-state index contributed by atoms with van der Waals surface area (Å²) in [6.45, 7) is 0. The number of rotatable bonds is 4. The molecule has 0 spiro atoms. The molecule has 2 aromatic carbocycles. The van der Waals surface area contributed by atoms with Gasteiger partial charge in [0.1, 0.15) is 0 Å². The van der Waals surface area contributed by atoms with E-state index in [4.69, 9.17) is 0 Å². The zero-order valence-electron chi connectivity index (χ0n) is 14.0. The summed E-state index contributed by atoms with van der Waals surface area (Å²) in [6.07, 6.45) is -20.4. The minimum absolute atomic E-state index is 0.0176. The highest BCUT2D eigenvalue weighted by molar-refractivity contribution is 6.05. The van der Waals surface area contributed by atoms with E-state index in [1.807, 2.05) is 5.32 Å². The minimum Gasteiger partial charge on any atom is -0.355 e. The summed E-state index contributed by atoms with van der Waals surface area (Å²) in [5.41, 5.74) is -8.19. The quantitative estimate of drug-likeness (QED) is 0.605. The van der Waals surface area contributed by atoms with Crippen LogP contribution in [0.1, 0.15) is 10.4 Å². The summed E-state index contributed by atoms with van der Waals surface area (Å²) in [6, 6.07) is 10.4. The van der Waals surface area contributed by atoms with Gasteiger partial charge in [0.2, 0.25) is 0 Å². The Labute approximate surface area is 157 Å². The zero-order valence-corrected chi connectivity index (χ0v) is 14.0. The summed E-state index contributed by atoms with van der Waals surface area (Å²) in [7, 11) is 0. The first-order valence-electron chi connectivity index (χ1n) is 7.64. The zero-order chi connectivity index (χ0) is 22.1. The largest absolute Gasteiger partial charge is 0.429 e. The Hall–Kier alpha value is -2.92. The van der Waals surface area contributed by atoms with Crippen molar-refractivity contribution in [1.29, 1.82) is 0 Å². The molecular weight excluding hydrogens is 419 g/mol. The molecule has 12 heteroatoms. The fourth-order valence-electron chi connectivity index (χ4n) is 2.38. The first-order valence-corrected chi connectivity index (χ1v) is 7.64. The van der Waals surface area contributed by atoms with Crippen molar-refractivity contribution in [3.05, 3.63) is 60.2 Å². The fourth-order valence-corrected chi connectivity index (χ4v) is 2.38. The molecule has 0 saturated heterocycles. The Bertz CT molecular complexity index is 822. The number of alkyl halides is 9. The standard InChI is InChI=1S/C17H11F9N2O/c18-15(19,20)14(16(21,22)23,17(24,25)26)28-12-9-5-4-8-11(12)27-13(29)10-6-2-1-3-7-10/h1-9,28H,(H,27,29). The van der Waals surface area contributed by atoms with Gasteiger partial charge in [-0.1, -0.05) is 30.3 Å². The van der Waals surface area contributed by atoms with Crippen molar-refractivity contribution in [3.8, 4) is 0 Å². The van der Waals surface area contributed by atoms with Gasteiger partial charge in [0.05, 0.1) is 11.4 Å². The number of halogens is 9. The average molecular weight is 430 g/mol. The predicted molar refractivity (Wildman–Crippen MR) is 85.4 cm³/mol. The number of amides is 1. The van der Waals surface area contributed by atoms with Crippen LogP contribution in [0.2, 0.25) is 0 Å². The van der Waals surface area contributed by atoms with Crippen LogP contribution in [-0.2, 0) is 0 Å². The second-order valence-electron chi connectivity index (χ2n) is 5.73. The topological polar surface area (TPSA) is 41.1 Å². The molecule has 0 heterocycles. The van der Waals surface area contributed by atoms with Crippen LogP contribution >= 0.6 is 0 Å². The van der Waals surface area contributed by atoms with Crippen LogP contribution in [0.25, 0.3) is 0 Å². The maximum Gasteiger partial charge on any atom is 0.429 e. The number of hydrogen-bond acceptors (Lipinski definition) is 2. The molecule has 0 fully saturated rings. The van der Waals surface area contributed by atoms with Crippen LogP contribution in [0.4, 0.5) is 50.9 Å². The number of anilines is 2. The molecule has 0 atom stereocenters. The number of para-hydroxylation sites is 2. The molecule has 0 radical (unpaired) electrons. The predicted octanol–water partition coefficient (Wildman–Crippen LogP) is 5.78. The maximum absolute atomic E-state index is 13.1. The molecule has 0 aromatic heterocycles. The molecular formula is C17H11F9N2O. The lowest BCUT2D eigenvalue weighted by atomic mass is 9.96. The lowest BCUT2D eigenvalue weighted by Gasteiger charge is -2.39. The molecule has 0 aliphatic rings. The Morgan fingerprint density at radius 1 is 0.621 bits per heavy atom. The Kier molecular flexibility index (Phi) is 5.77. The van der Waals surface area contributed by atoms with E-state index in [0.29, 0.717) is 11.4 Å². The summed E-state index contributed by atoms with van der Waals surface area (Å²) in [4.78, 5) is 12.1. The van der Waals surface area contributed by atoms with E-state index in [9.17, 15) is 44.3 Å². The molecule has 158 valence electrons. The van der Waals surface area contributed by atoms with E-state index in [1.165, 1.54) is 30.3 Å². The van der Waals surface area contributed by atoms with E-state index >= 15 is 0 Å². The molecule has 0 aliphatic carbocycles. The number of carbonyl (C=O) groups excluding carboxylic acids is 1. The SMILES string of the molecule is O=C(Nc1ccccc1NC(C(F)(F)F)(C(F)(F)F)C(F)(F)F)c1ccccc1. The summed E-state index contributed by atoms with van der Waals surface area (Å²) < 4.78 is 118. The molecule has 0 bridgehead atoms. The van der Waals surface area contributed by atoms with Crippen molar-refractivity contribution in [1.82, 2.24) is 0 Å². The second kappa shape index (κ2) is 7.48. The van der Waals surface area contributed by atoms with Crippen LogP contribution in [-0.4, -0.2) is 30.0 Å². The molecule has 2 N–H and O–H groups in total. The van der Waals surface area contributed by atoms with Gasteiger partial charge in [0.25, 0.3) is 5.91 Å². The van der Waals surface area contributed by atoms with Gasteiger partial charge in [0.15, 0.2) is 0 Å². The van der Waals surface area contributed by atoms with E-state index in [1.54, 1.807) is 0 Å². The van der Waals surface area contributed by atoms with Gasteiger partial charge in [-0.2, -0.15) is 39.5 Å². The lowest BCUT2D eigenvalue weighted by Crippen LogP contribution is -2.70. The van der Waals surface area contributed by atoms with Gasteiger partial charge in [-0.3, -0.25) is 4.79 Å². The second-order valence-corrected chi connectivity index (χ2v) is 5.73. The van der Waals surface area contributed by atoms with Gasteiger partial charge in [0, 0.05) is 5.56 Å². The minimum atomic E-state index is -6.79. The number of hydrogen-bond donors (Lipinski definition) is 2. The van der Waals surface area contributed by atoms with Gasteiger partial charge in [-0.25, -0.2) is 0 Å². The third kappa shape index (κ3) is 4.25. The van der Waals surface area contributed by atoms with Crippen LogP contribution < -0.4 is 10.6 Å². The highest BCUT2D eigenvalue weighted by atomic mass is 19.4. The Balaban J connectivity index is 2.53. The van der Waals surface area contributed by atoms with E-state index in [2.05, 4.69) is 0 Å². The van der Waals surface area contributed by atoms with Gasteiger partial charge < -0.3 is 10.6 Å². The van der Waals surface area contributed by atoms with Gasteiger partial charge >= 0.3 is 24.1 Å². The highest BCUT2D eigenvalue weighted by Gasteiger charge is 2.84. The molecule has 2 rings (SSSR count). The van der Waals surface area contributed by atoms with E-state index in [0.717, 1.165) is 18.2 Å². The van der Waals surface area contributed by atoms with Crippen LogP contribution in [0.3, 0.4) is 0 Å². The highest BCUT2D eigenvalue weighted by Crippen LogP contribution is 2.54. The third-order valence-corrected chi connectivity index (χ3v) is 3.81. The molecule has 3 nitrogen and oxygen atoms in total. The normalized spacial score (nSPS) is 13.1. The molecule has 29 heavy (non-hydrogen) atoms. The smallest absolute Gasteiger partial charge is 0.355 e. The Morgan fingerprint density at radius 3 is 1.48 bits per heavy atom. The Morgan fingerprint density at radius 2 is 1.03 bits per heavy atom. The van der Waals surface area contributed by atoms with Crippen molar-refractivity contribution in [2.45, 2.75) is 24.1 Å². The first kappa shape index (κ1) is 22.4. The summed E-state index contributed by atoms with van der Waals surface area (Å²) in [5.74, 6) is -0.948. The van der Waals surface area contributed by atoms with Crippen LogP contribution in [0.15, 0.2) is 54.6 Å². The van der Waals surface area contributed by atoms with Gasteiger partial charge in [-0.05, 0) is 24.3 Å². The van der Waals surface area contributed by atoms with Crippen LogP contribution in [0, 0.1) is 0 Å². The number of benzene rings is 2. The average Bonchev–Trinajstić information content (AvgIpc) is 2.58. The van der Waals surface area contributed by atoms with Crippen LogP contribution in [0.5, 0.6) is 0 Å². The summed E-state index contributed by atoms with van der Waals surface area (Å²) >= 11 is 0. The molecule has 0 unspecified atom stereocenters. The van der Waals surface area contributed by atoms with Crippen molar-refractivity contribution >= 4 is 17.3 Å². The van der Waals surface area contributed by atoms with Crippen molar-refractivity contribution in [3.63, 3.8) is 0 Å². The molecule has 0 saturated carbocycles. The number of carbonyl (C=O) groups is 1. The number of nitrogens with one attached hydrogen (secondary N) is 2. The van der Waals surface area contributed by atoms with Crippen molar-refractivity contribution in [2.75, 3.05) is 10.6 Å². The third-order valence-electron chi connectivity index (χ3n) is 3.81. The van der Waals surface area contributed by atoms with E-state index < -0.39 is 41.3 Å².